The molecule has 0 atom stereocenters. The monoisotopic (exact) mass is 324 g/mol. The van der Waals surface area contributed by atoms with E-state index in [0.717, 1.165) is 18.4 Å². The number of rotatable bonds is 4. The summed E-state index contributed by atoms with van der Waals surface area (Å²) >= 11 is 0. The molecule has 2 aromatic carbocycles. The number of anilines is 1. The highest BCUT2D eigenvalue weighted by Crippen LogP contribution is 2.22. The van der Waals surface area contributed by atoms with E-state index in [1.165, 1.54) is 6.07 Å². The Bertz CT molecular complexity index is 810. The van der Waals surface area contributed by atoms with Gasteiger partial charge in [-0.25, -0.2) is 0 Å². The lowest BCUT2D eigenvalue weighted by Crippen LogP contribution is -2.25. The van der Waals surface area contributed by atoms with Crippen molar-refractivity contribution in [1.29, 1.82) is 0 Å². The molecule has 0 aliphatic heterocycles. The van der Waals surface area contributed by atoms with Gasteiger partial charge in [-0.1, -0.05) is 6.07 Å². The molecule has 0 aromatic heterocycles. The molecule has 2 aromatic rings. The van der Waals surface area contributed by atoms with Crippen molar-refractivity contribution in [3.63, 3.8) is 0 Å². The first kappa shape index (κ1) is 16.1. The number of carbonyl (C=O) groups is 2. The normalized spacial score (nSPS) is 13.4. The Hall–Kier alpha value is -2.82. The third kappa shape index (κ3) is 3.56. The minimum atomic E-state index is -0.277. The summed E-state index contributed by atoms with van der Waals surface area (Å²) in [4.78, 5) is 24.6. The number of hydrogen-bond acceptors (Lipinski definition) is 3. The first-order valence-corrected chi connectivity index (χ1v) is 7.96. The Morgan fingerprint density at radius 2 is 1.62 bits per heavy atom. The maximum Gasteiger partial charge on any atom is 0.255 e. The number of phenolic OH excluding ortho intramolecular Hbond substituents is 1. The zero-order valence-electron chi connectivity index (χ0n) is 13.7. The van der Waals surface area contributed by atoms with E-state index in [4.69, 9.17) is 0 Å². The highest BCUT2D eigenvalue weighted by molar-refractivity contribution is 6.05. The van der Waals surface area contributed by atoms with E-state index in [1.807, 2.05) is 13.0 Å². The van der Waals surface area contributed by atoms with Crippen LogP contribution in [0.25, 0.3) is 0 Å². The Kier molecular flexibility index (Phi) is 4.25. The summed E-state index contributed by atoms with van der Waals surface area (Å²) in [5, 5.41) is 15.3. The molecule has 124 valence electrons. The average molecular weight is 324 g/mol. The van der Waals surface area contributed by atoms with Gasteiger partial charge < -0.3 is 15.7 Å². The van der Waals surface area contributed by atoms with E-state index in [1.54, 1.807) is 31.2 Å². The van der Waals surface area contributed by atoms with Gasteiger partial charge in [-0.2, -0.15) is 0 Å². The van der Waals surface area contributed by atoms with Gasteiger partial charge in [-0.3, -0.25) is 9.59 Å². The number of amides is 2. The van der Waals surface area contributed by atoms with Crippen LogP contribution in [0.3, 0.4) is 0 Å². The summed E-state index contributed by atoms with van der Waals surface area (Å²) in [6, 6.07) is 10.2. The summed E-state index contributed by atoms with van der Waals surface area (Å²) in [6.45, 7) is 3.61. The van der Waals surface area contributed by atoms with Gasteiger partial charge in [-0.15, -0.1) is 0 Å². The summed E-state index contributed by atoms with van der Waals surface area (Å²) in [5.41, 5.74) is 3.11. The maximum atomic E-state index is 12.4. The average Bonchev–Trinajstić information content (AvgIpc) is 3.36. The molecule has 0 bridgehead atoms. The number of carbonyl (C=O) groups excluding carboxylic acids is 2. The van der Waals surface area contributed by atoms with Crippen molar-refractivity contribution < 1.29 is 14.7 Å². The second-order valence-electron chi connectivity index (χ2n) is 6.23. The van der Waals surface area contributed by atoms with Crippen molar-refractivity contribution in [2.45, 2.75) is 32.7 Å². The minimum absolute atomic E-state index is 0.117. The zero-order valence-corrected chi connectivity index (χ0v) is 13.7. The third-order valence-electron chi connectivity index (χ3n) is 4.12. The molecule has 2 amide bonds. The maximum absolute atomic E-state index is 12.4. The predicted molar refractivity (Wildman–Crippen MR) is 92.5 cm³/mol. The number of nitrogens with one attached hydrogen (secondary N) is 2. The molecule has 24 heavy (non-hydrogen) atoms. The van der Waals surface area contributed by atoms with Crippen molar-refractivity contribution >= 4 is 17.5 Å². The Labute approximate surface area is 140 Å². The van der Waals surface area contributed by atoms with Gasteiger partial charge in [0.2, 0.25) is 0 Å². The quantitative estimate of drug-likeness (QED) is 0.808. The summed E-state index contributed by atoms with van der Waals surface area (Å²) in [5.74, 6) is -0.240. The SMILES string of the molecule is Cc1cc(C(=O)Nc2cc(C(=O)NC3CC3)ccc2C)ccc1O. The topological polar surface area (TPSA) is 78.4 Å². The molecule has 1 fully saturated rings. The largest absolute Gasteiger partial charge is 0.508 e. The Morgan fingerprint density at radius 1 is 0.958 bits per heavy atom. The van der Waals surface area contributed by atoms with Crippen LogP contribution in [-0.2, 0) is 0 Å². The Morgan fingerprint density at radius 3 is 2.29 bits per heavy atom. The number of aryl methyl sites for hydroxylation is 2. The van der Waals surface area contributed by atoms with Crippen LogP contribution in [0.2, 0.25) is 0 Å². The van der Waals surface area contributed by atoms with E-state index >= 15 is 0 Å². The van der Waals surface area contributed by atoms with Crippen LogP contribution >= 0.6 is 0 Å². The molecular weight excluding hydrogens is 304 g/mol. The van der Waals surface area contributed by atoms with Crippen molar-refractivity contribution in [3.8, 4) is 5.75 Å². The molecule has 5 nitrogen and oxygen atoms in total. The van der Waals surface area contributed by atoms with Gasteiger partial charge >= 0.3 is 0 Å². The summed E-state index contributed by atoms with van der Waals surface area (Å²) in [6.07, 6.45) is 2.06. The van der Waals surface area contributed by atoms with Crippen molar-refractivity contribution in [1.82, 2.24) is 5.32 Å². The molecule has 1 saturated carbocycles. The number of phenols is 1. The Balaban J connectivity index is 1.79. The second kappa shape index (κ2) is 6.35. The van der Waals surface area contributed by atoms with Crippen molar-refractivity contribution in [2.24, 2.45) is 0 Å². The molecule has 3 rings (SSSR count). The first-order valence-electron chi connectivity index (χ1n) is 7.96. The van der Waals surface area contributed by atoms with Gasteiger partial charge in [0, 0.05) is 22.9 Å². The molecule has 3 N–H and O–H groups in total. The highest BCUT2D eigenvalue weighted by atomic mass is 16.3. The van der Waals surface area contributed by atoms with E-state index in [9.17, 15) is 14.7 Å². The third-order valence-corrected chi connectivity index (χ3v) is 4.12. The van der Waals surface area contributed by atoms with Crippen LogP contribution in [0.1, 0.15) is 44.7 Å². The van der Waals surface area contributed by atoms with Gasteiger partial charge in [0.15, 0.2) is 0 Å². The van der Waals surface area contributed by atoms with E-state index in [2.05, 4.69) is 10.6 Å². The van der Waals surface area contributed by atoms with E-state index in [-0.39, 0.29) is 23.6 Å². The molecule has 0 heterocycles. The van der Waals surface area contributed by atoms with Crippen LogP contribution in [0.5, 0.6) is 5.75 Å². The lowest BCUT2D eigenvalue weighted by atomic mass is 10.1. The molecular formula is C19H20N2O3. The number of benzene rings is 2. The van der Waals surface area contributed by atoms with Gasteiger partial charge in [0.25, 0.3) is 11.8 Å². The van der Waals surface area contributed by atoms with E-state index in [0.29, 0.717) is 22.4 Å². The van der Waals surface area contributed by atoms with Crippen LogP contribution in [0.4, 0.5) is 5.69 Å². The highest BCUT2D eigenvalue weighted by Gasteiger charge is 2.24. The zero-order chi connectivity index (χ0) is 17.3. The molecule has 1 aliphatic rings. The molecule has 0 spiro atoms. The molecule has 5 heteroatoms. The predicted octanol–water partition coefficient (Wildman–Crippen LogP) is 3.15. The molecule has 0 saturated heterocycles. The lowest BCUT2D eigenvalue weighted by Gasteiger charge is -2.11. The molecule has 0 radical (unpaired) electrons. The van der Waals surface area contributed by atoms with Crippen molar-refractivity contribution in [3.05, 3.63) is 58.7 Å². The first-order chi connectivity index (χ1) is 11.4. The number of aromatic hydroxyl groups is 1. The standard InChI is InChI=1S/C19H20N2O3/c1-11-3-4-14(18(23)20-15-6-7-15)10-16(11)21-19(24)13-5-8-17(22)12(2)9-13/h3-5,8-10,15,22H,6-7H2,1-2H3,(H,20,23)(H,21,24). The fourth-order valence-electron chi connectivity index (χ4n) is 2.39. The van der Waals surface area contributed by atoms with Crippen LogP contribution < -0.4 is 10.6 Å². The number of hydrogen-bond donors (Lipinski definition) is 3. The summed E-state index contributed by atoms with van der Waals surface area (Å²) in [7, 11) is 0. The van der Waals surface area contributed by atoms with Gasteiger partial charge in [-0.05, 0) is 68.1 Å². The van der Waals surface area contributed by atoms with Gasteiger partial charge in [0.05, 0.1) is 0 Å². The fourth-order valence-corrected chi connectivity index (χ4v) is 2.39. The van der Waals surface area contributed by atoms with Gasteiger partial charge in [0.1, 0.15) is 5.75 Å². The van der Waals surface area contributed by atoms with E-state index < -0.39 is 0 Å². The fraction of sp³-hybridized carbons (Fsp3) is 0.263. The van der Waals surface area contributed by atoms with Crippen LogP contribution in [0.15, 0.2) is 36.4 Å². The van der Waals surface area contributed by atoms with Crippen LogP contribution in [0, 0.1) is 13.8 Å². The molecule has 1 aliphatic carbocycles. The summed E-state index contributed by atoms with van der Waals surface area (Å²) < 4.78 is 0. The van der Waals surface area contributed by atoms with Crippen LogP contribution in [-0.4, -0.2) is 23.0 Å². The molecule has 0 unspecified atom stereocenters. The van der Waals surface area contributed by atoms with Crippen molar-refractivity contribution in [2.75, 3.05) is 5.32 Å². The lowest BCUT2D eigenvalue weighted by molar-refractivity contribution is 0.0949. The second-order valence-corrected chi connectivity index (χ2v) is 6.23. The smallest absolute Gasteiger partial charge is 0.255 e. The minimum Gasteiger partial charge on any atom is -0.508 e.